The number of aryl methyl sites for hydroxylation is 1. The molecule has 2 aromatic rings. The van der Waals surface area contributed by atoms with Crippen molar-refractivity contribution in [1.82, 2.24) is 15.0 Å². The van der Waals surface area contributed by atoms with Gasteiger partial charge in [-0.05, 0) is 25.0 Å². The van der Waals surface area contributed by atoms with Gasteiger partial charge in [-0.2, -0.15) is 9.97 Å². The fourth-order valence-electron chi connectivity index (χ4n) is 1.57. The second-order valence-corrected chi connectivity index (χ2v) is 4.37. The van der Waals surface area contributed by atoms with Crippen LogP contribution in [0.4, 0.5) is 10.3 Å². The average molecular weight is 292 g/mol. The molecular formula is C14H17FN4O2. The van der Waals surface area contributed by atoms with Crippen LogP contribution in [0.25, 0.3) is 0 Å². The monoisotopic (exact) mass is 292 g/mol. The van der Waals surface area contributed by atoms with E-state index in [1.807, 2.05) is 13.8 Å². The fraction of sp³-hybridized carbons (Fsp3) is 0.357. The van der Waals surface area contributed by atoms with Gasteiger partial charge in [0.1, 0.15) is 11.6 Å². The van der Waals surface area contributed by atoms with Crippen molar-refractivity contribution in [2.75, 3.05) is 19.0 Å². The number of anilines is 1. The first kappa shape index (κ1) is 15.0. The highest BCUT2D eigenvalue weighted by Gasteiger charge is 2.10. The van der Waals surface area contributed by atoms with Crippen LogP contribution in [0.5, 0.6) is 17.8 Å². The van der Waals surface area contributed by atoms with Crippen LogP contribution in [-0.4, -0.2) is 28.6 Å². The van der Waals surface area contributed by atoms with E-state index in [0.717, 1.165) is 12.0 Å². The number of methoxy groups -OCH3 is 1. The normalized spacial score (nSPS) is 10.3. The number of benzene rings is 1. The maximum Gasteiger partial charge on any atom is 0.330 e. The van der Waals surface area contributed by atoms with E-state index in [9.17, 15) is 4.39 Å². The molecule has 0 amide bonds. The van der Waals surface area contributed by atoms with Gasteiger partial charge < -0.3 is 14.8 Å². The Balaban J connectivity index is 2.27. The third kappa shape index (κ3) is 4.01. The van der Waals surface area contributed by atoms with Gasteiger partial charge in [0.2, 0.25) is 5.95 Å². The fourth-order valence-corrected chi connectivity index (χ4v) is 1.57. The van der Waals surface area contributed by atoms with Crippen molar-refractivity contribution in [1.29, 1.82) is 0 Å². The number of nitrogens with one attached hydrogen (secondary N) is 1. The molecule has 1 heterocycles. The molecule has 0 aliphatic carbocycles. The highest BCUT2D eigenvalue weighted by atomic mass is 19.1. The van der Waals surface area contributed by atoms with Gasteiger partial charge in [0.05, 0.1) is 7.11 Å². The first-order valence-corrected chi connectivity index (χ1v) is 6.60. The summed E-state index contributed by atoms with van der Waals surface area (Å²) < 4.78 is 23.8. The molecule has 0 unspecified atom stereocenters. The van der Waals surface area contributed by atoms with E-state index in [0.29, 0.717) is 18.2 Å². The third-order valence-corrected chi connectivity index (χ3v) is 2.66. The van der Waals surface area contributed by atoms with Gasteiger partial charge in [0, 0.05) is 12.6 Å². The second-order valence-electron chi connectivity index (χ2n) is 4.37. The molecule has 0 spiro atoms. The number of aromatic nitrogens is 3. The van der Waals surface area contributed by atoms with E-state index in [1.54, 1.807) is 6.07 Å². The third-order valence-electron chi connectivity index (χ3n) is 2.66. The molecule has 1 aromatic carbocycles. The number of halogens is 1. The lowest BCUT2D eigenvalue weighted by Crippen LogP contribution is -2.07. The summed E-state index contributed by atoms with van der Waals surface area (Å²) >= 11 is 0. The molecule has 0 aliphatic heterocycles. The molecule has 0 radical (unpaired) electrons. The number of rotatable bonds is 6. The number of ether oxygens (including phenoxy) is 2. The Labute approximate surface area is 122 Å². The average Bonchev–Trinajstić information content (AvgIpc) is 2.48. The van der Waals surface area contributed by atoms with Crippen molar-refractivity contribution in [2.45, 2.75) is 20.3 Å². The molecule has 2 rings (SSSR count). The molecule has 1 aromatic heterocycles. The molecule has 7 heteroatoms. The van der Waals surface area contributed by atoms with E-state index in [4.69, 9.17) is 9.47 Å². The zero-order chi connectivity index (χ0) is 15.2. The molecule has 1 N–H and O–H groups in total. The van der Waals surface area contributed by atoms with E-state index >= 15 is 0 Å². The van der Waals surface area contributed by atoms with Crippen molar-refractivity contribution >= 4 is 5.95 Å². The predicted octanol–water partition coefficient (Wildman–Crippen LogP) is 2.94. The lowest BCUT2D eigenvalue weighted by Gasteiger charge is -2.09. The minimum atomic E-state index is -0.388. The molecule has 0 fully saturated rings. The van der Waals surface area contributed by atoms with E-state index < -0.39 is 0 Å². The van der Waals surface area contributed by atoms with Gasteiger partial charge in [-0.25, -0.2) is 4.39 Å². The Morgan fingerprint density at radius 3 is 2.67 bits per heavy atom. The van der Waals surface area contributed by atoms with E-state index in [-0.39, 0.29) is 17.8 Å². The molecule has 6 nitrogen and oxygen atoms in total. The van der Waals surface area contributed by atoms with Crippen molar-refractivity contribution in [3.05, 3.63) is 29.6 Å². The van der Waals surface area contributed by atoms with E-state index in [1.165, 1.54) is 19.2 Å². The summed E-state index contributed by atoms with van der Waals surface area (Å²) in [6, 6.07) is 4.45. The topological polar surface area (TPSA) is 69.2 Å². The minimum Gasteiger partial charge on any atom is -0.467 e. The number of hydrogen-bond acceptors (Lipinski definition) is 6. The maximum atomic E-state index is 13.3. The highest BCUT2D eigenvalue weighted by molar-refractivity contribution is 5.36. The zero-order valence-electron chi connectivity index (χ0n) is 12.2. The Hall–Kier alpha value is -2.44. The summed E-state index contributed by atoms with van der Waals surface area (Å²) in [6.45, 7) is 4.55. The van der Waals surface area contributed by atoms with Gasteiger partial charge >= 0.3 is 12.0 Å². The standard InChI is InChI=1S/C14H17FN4O2/c1-4-7-16-12-17-13(20-3)19-14(18-12)21-11-8-10(15)6-5-9(11)2/h5-6,8H,4,7H2,1-3H3,(H,16,17,18,19). The number of hydrogen-bond donors (Lipinski definition) is 1. The highest BCUT2D eigenvalue weighted by Crippen LogP contribution is 2.24. The maximum absolute atomic E-state index is 13.3. The van der Waals surface area contributed by atoms with Gasteiger partial charge in [-0.3, -0.25) is 0 Å². The summed E-state index contributed by atoms with van der Waals surface area (Å²) in [4.78, 5) is 12.2. The van der Waals surface area contributed by atoms with Gasteiger partial charge in [0.15, 0.2) is 0 Å². The lowest BCUT2D eigenvalue weighted by molar-refractivity contribution is 0.359. The summed E-state index contributed by atoms with van der Waals surface area (Å²) in [7, 11) is 1.45. The quantitative estimate of drug-likeness (QED) is 0.882. The van der Waals surface area contributed by atoms with Crippen molar-refractivity contribution in [3.63, 3.8) is 0 Å². The first-order valence-electron chi connectivity index (χ1n) is 6.60. The van der Waals surface area contributed by atoms with Gasteiger partial charge in [0.25, 0.3) is 0 Å². The van der Waals surface area contributed by atoms with Crippen LogP contribution in [0.15, 0.2) is 18.2 Å². The Kier molecular flexibility index (Phi) is 4.86. The van der Waals surface area contributed by atoms with Crippen LogP contribution in [0.1, 0.15) is 18.9 Å². The summed E-state index contributed by atoms with van der Waals surface area (Å²) in [5.74, 6) is 0.318. The molecule has 0 bridgehead atoms. The van der Waals surface area contributed by atoms with Crippen LogP contribution in [0.3, 0.4) is 0 Å². The molecule has 112 valence electrons. The first-order chi connectivity index (χ1) is 10.1. The molecule has 0 aliphatic rings. The molecular weight excluding hydrogens is 275 g/mol. The second kappa shape index (κ2) is 6.83. The molecule has 0 atom stereocenters. The Bertz CT molecular complexity index is 622. The van der Waals surface area contributed by atoms with Gasteiger partial charge in [-0.1, -0.05) is 13.0 Å². The van der Waals surface area contributed by atoms with Crippen LogP contribution in [0.2, 0.25) is 0 Å². The zero-order valence-corrected chi connectivity index (χ0v) is 12.2. The minimum absolute atomic E-state index is 0.0501. The van der Waals surface area contributed by atoms with Crippen molar-refractivity contribution in [2.24, 2.45) is 0 Å². The SMILES string of the molecule is CCCNc1nc(OC)nc(Oc2cc(F)ccc2C)n1. The molecule has 0 saturated heterocycles. The van der Waals surface area contributed by atoms with Gasteiger partial charge in [-0.15, -0.1) is 4.98 Å². The van der Waals surface area contributed by atoms with Crippen molar-refractivity contribution in [3.8, 4) is 17.8 Å². The number of nitrogens with zero attached hydrogens (tertiary/aromatic N) is 3. The molecule has 21 heavy (non-hydrogen) atoms. The lowest BCUT2D eigenvalue weighted by atomic mass is 10.2. The molecule has 0 saturated carbocycles. The predicted molar refractivity (Wildman–Crippen MR) is 76.4 cm³/mol. The summed E-state index contributed by atoms with van der Waals surface area (Å²) in [6.07, 6.45) is 0.924. The largest absolute Gasteiger partial charge is 0.467 e. The van der Waals surface area contributed by atoms with Crippen LogP contribution < -0.4 is 14.8 Å². The Morgan fingerprint density at radius 1 is 1.19 bits per heavy atom. The van der Waals surface area contributed by atoms with E-state index in [2.05, 4.69) is 20.3 Å². The summed E-state index contributed by atoms with van der Waals surface area (Å²) in [5.41, 5.74) is 0.777. The van der Waals surface area contributed by atoms with Crippen LogP contribution in [0, 0.1) is 12.7 Å². The smallest absolute Gasteiger partial charge is 0.330 e. The summed E-state index contributed by atoms with van der Waals surface area (Å²) in [5, 5.41) is 3.02. The van der Waals surface area contributed by atoms with Crippen molar-refractivity contribution < 1.29 is 13.9 Å². The van der Waals surface area contributed by atoms with Crippen LogP contribution in [-0.2, 0) is 0 Å². The Morgan fingerprint density at radius 2 is 1.95 bits per heavy atom. The van der Waals surface area contributed by atoms with Crippen LogP contribution >= 0.6 is 0 Å².